The molecule has 7 nitrogen and oxygen atoms in total. The summed E-state index contributed by atoms with van der Waals surface area (Å²) in [5.41, 5.74) is 0.771. The summed E-state index contributed by atoms with van der Waals surface area (Å²) < 4.78 is 26.5. The summed E-state index contributed by atoms with van der Waals surface area (Å²) in [6, 6.07) is 8.38. The third-order valence-electron chi connectivity index (χ3n) is 2.79. The number of hydrogen-bond donors (Lipinski definition) is 1. The Bertz CT molecular complexity index is 715. The molecule has 0 bridgehead atoms. The lowest BCUT2D eigenvalue weighted by Gasteiger charge is -2.06. The standard InChI is InChI=1S/C13H13N3O4S/c17-16(18)12-3-5-13(6-4-12)21(19,20)15-9-7-11-2-1-8-14-10-11/h1-6,8,10,15H,7,9H2. The van der Waals surface area contributed by atoms with Crippen molar-refractivity contribution >= 4 is 15.7 Å². The lowest BCUT2D eigenvalue weighted by molar-refractivity contribution is -0.384. The summed E-state index contributed by atoms with van der Waals surface area (Å²) in [6.07, 6.45) is 3.82. The number of nitrogens with zero attached hydrogens (tertiary/aromatic N) is 2. The van der Waals surface area contributed by atoms with E-state index in [2.05, 4.69) is 9.71 Å². The molecule has 0 spiro atoms. The van der Waals surface area contributed by atoms with Crippen molar-refractivity contribution in [2.45, 2.75) is 11.3 Å². The fraction of sp³-hybridized carbons (Fsp3) is 0.154. The van der Waals surface area contributed by atoms with Crippen LogP contribution in [0.25, 0.3) is 0 Å². The van der Waals surface area contributed by atoms with Crippen molar-refractivity contribution in [3.05, 3.63) is 64.5 Å². The molecule has 8 heteroatoms. The quantitative estimate of drug-likeness (QED) is 0.643. The fourth-order valence-corrected chi connectivity index (χ4v) is 2.74. The van der Waals surface area contributed by atoms with Crippen LogP contribution in [0.2, 0.25) is 0 Å². The molecule has 2 rings (SSSR count). The van der Waals surface area contributed by atoms with Gasteiger partial charge in [-0.1, -0.05) is 6.07 Å². The van der Waals surface area contributed by atoms with Crippen LogP contribution in [0.3, 0.4) is 0 Å². The molecule has 2 aromatic rings. The van der Waals surface area contributed by atoms with Crippen LogP contribution in [0.1, 0.15) is 5.56 Å². The van der Waals surface area contributed by atoms with Crippen LogP contribution >= 0.6 is 0 Å². The van der Waals surface area contributed by atoms with Crippen molar-refractivity contribution < 1.29 is 13.3 Å². The van der Waals surface area contributed by atoms with Gasteiger partial charge < -0.3 is 0 Å². The van der Waals surface area contributed by atoms with E-state index < -0.39 is 14.9 Å². The van der Waals surface area contributed by atoms with Gasteiger partial charge in [-0.05, 0) is 30.2 Å². The van der Waals surface area contributed by atoms with Crippen LogP contribution < -0.4 is 4.72 Å². The molecule has 110 valence electrons. The minimum absolute atomic E-state index is 0.000660. The van der Waals surface area contributed by atoms with E-state index in [1.807, 2.05) is 6.07 Å². The lowest BCUT2D eigenvalue weighted by Crippen LogP contribution is -2.26. The van der Waals surface area contributed by atoms with Gasteiger partial charge in [0.15, 0.2) is 0 Å². The molecule has 1 aromatic heterocycles. The van der Waals surface area contributed by atoms with Crippen LogP contribution in [-0.2, 0) is 16.4 Å². The minimum Gasteiger partial charge on any atom is -0.264 e. The molecule has 0 aliphatic carbocycles. The zero-order chi connectivity index (χ0) is 15.3. The molecule has 1 heterocycles. The van der Waals surface area contributed by atoms with E-state index in [0.29, 0.717) is 6.42 Å². The first-order valence-corrected chi connectivity index (χ1v) is 7.60. The predicted octanol–water partition coefficient (Wildman–Crippen LogP) is 1.51. The van der Waals surface area contributed by atoms with Crippen LogP contribution in [0.4, 0.5) is 5.69 Å². The molecule has 0 aliphatic heterocycles. The average Bonchev–Trinajstić information content (AvgIpc) is 2.48. The van der Waals surface area contributed by atoms with E-state index in [9.17, 15) is 18.5 Å². The van der Waals surface area contributed by atoms with Crippen LogP contribution in [0.15, 0.2) is 53.7 Å². The highest BCUT2D eigenvalue weighted by molar-refractivity contribution is 7.89. The lowest BCUT2D eigenvalue weighted by atomic mass is 10.2. The molecule has 1 aromatic carbocycles. The van der Waals surface area contributed by atoms with Gasteiger partial charge >= 0.3 is 0 Å². The van der Waals surface area contributed by atoms with Gasteiger partial charge in [0.1, 0.15) is 0 Å². The first kappa shape index (κ1) is 15.1. The Labute approximate surface area is 121 Å². The predicted molar refractivity (Wildman–Crippen MR) is 76.2 cm³/mol. The van der Waals surface area contributed by atoms with Gasteiger partial charge in [0, 0.05) is 31.1 Å². The molecule has 21 heavy (non-hydrogen) atoms. The number of pyridine rings is 1. The maximum Gasteiger partial charge on any atom is 0.269 e. The third-order valence-corrected chi connectivity index (χ3v) is 4.26. The third kappa shape index (κ3) is 4.07. The van der Waals surface area contributed by atoms with Gasteiger partial charge in [0.05, 0.1) is 9.82 Å². The second-order valence-corrected chi connectivity index (χ2v) is 6.03. The van der Waals surface area contributed by atoms with Gasteiger partial charge in [-0.3, -0.25) is 15.1 Å². The Morgan fingerprint density at radius 2 is 1.90 bits per heavy atom. The minimum atomic E-state index is -3.67. The summed E-state index contributed by atoms with van der Waals surface area (Å²) >= 11 is 0. The first-order chi connectivity index (χ1) is 9.99. The van der Waals surface area contributed by atoms with E-state index in [-0.39, 0.29) is 17.1 Å². The molecule has 0 aliphatic rings. The zero-order valence-electron chi connectivity index (χ0n) is 11.0. The smallest absolute Gasteiger partial charge is 0.264 e. The SMILES string of the molecule is O=[N+]([O-])c1ccc(S(=O)(=O)NCCc2cccnc2)cc1. The number of aromatic nitrogens is 1. The molecule has 0 unspecified atom stereocenters. The van der Waals surface area contributed by atoms with Crippen molar-refractivity contribution in [3.63, 3.8) is 0 Å². The van der Waals surface area contributed by atoms with Gasteiger partial charge in [0.2, 0.25) is 10.0 Å². The van der Waals surface area contributed by atoms with E-state index in [1.165, 1.54) is 12.1 Å². The van der Waals surface area contributed by atoms with Crippen molar-refractivity contribution in [1.29, 1.82) is 0 Å². The van der Waals surface area contributed by atoms with E-state index in [1.54, 1.807) is 18.5 Å². The molecule has 0 fully saturated rings. The fourth-order valence-electron chi connectivity index (χ4n) is 1.71. The van der Waals surface area contributed by atoms with E-state index in [4.69, 9.17) is 0 Å². The number of non-ortho nitro benzene ring substituents is 1. The highest BCUT2D eigenvalue weighted by atomic mass is 32.2. The van der Waals surface area contributed by atoms with Crippen molar-refractivity contribution in [1.82, 2.24) is 9.71 Å². The Morgan fingerprint density at radius 3 is 2.48 bits per heavy atom. The second-order valence-electron chi connectivity index (χ2n) is 4.26. The normalized spacial score (nSPS) is 11.2. The Hall–Kier alpha value is -2.32. The van der Waals surface area contributed by atoms with E-state index >= 15 is 0 Å². The second kappa shape index (κ2) is 6.42. The number of sulfonamides is 1. The summed E-state index contributed by atoms with van der Waals surface area (Å²) in [5, 5.41) is 10.5. The number of rotatable bonds is 6. The van der Waals surface area contributed by atoms with Gasteiger partial charge in [-0.15, -0.1) is 0 Å². The van der Waals surface area contributed by atoms with Crippen molar-refractivity contribution in [2.75, 3.05) is 6.54 Å². The van der Waals surface area contributed by atoms with Crippen LogP contribution in [-0.4, -0.2) is 24.9 Å². The average molecular weight is 307 g/mol. The van der Waals surface area contributed by atoms with Gasteiger partial charge in [0.25, 0.3) is 5.69 Å². The highest BCUT2D eigenvalue weighted by Crippen LogP contribution is 2.15. The number of nitro groups is 1. The Morgan fingerprint density at radius 1 is 1.19 bits per heavy atom. The summed E-state index contributed by atoms with van der Waals surface area (Å²) in [7, 11) is -3.67. The molecule has 0 radical (unpaired) electrons. The number of nitro benzene ring substituents is 1. The molecule has 0 amide bonds. The highest BCUT2D eigenvalue weighted by Gasteiger charge is 2.15. The molecular formula is C13H13N3O4S. The Balaban J connectivity index is 2.00. The molecular weight excluding hydrogens is 294 g/mol. The molecule has 0 saturated carbocycles. The summed E-state index contributed by atoms with van der Waals surface area (Å²) in [5.74, 6) is 0. The maximum absolute atomic E-state index is 12.0. The van der Waals surface area contributed by atoms with Crippen LogP contribution in [0.5, 0.6) is 0 Å². The Kier molecular flexibility index (Phi) is 4.61. The summed E-state index contributed by atoms with van der Waals surface area (Å²) in [6.45, 7) is 0.227. The monoisotopic (exact) mass is 307 g/mol. The van der Waals surface area contributed by atoms with Gasteiger partial charge in [-0.25, -0.2) is 13.1 Å². The number of nitrogens with one attached hydrogen (secondary N) is 1. The van der Waals surface area contributed by atoms with Crippen molar-refractivity contribution in [2.24, 2.45) is 0 Å². The molecule has 1 N–H and O–H groups in total. The molecule has 0 atom stereocenters. The molecule has 0 saturated heterocycles. The van der Waals surface area contributed by atoms with Gasteiger partial charge in [-0.2, -0.15) is 0 Å². The summed E-state index contributed by atoms with van der Waals surface area (Å²) in [4.78, 5) is 13.9. The topological polar surface area (TPSA) is 102 Å². The largest absolute Gasteiger partial charge is 0.269 e. The van der Waals surface area contributed by atoms with Crippen molar-refractivity contribution in [3.8, 4) is 0 Å². The number of benzene rings is 1. The van der Waals surface area contributed by atoms with Crippen LogP contribution in [0, 0.1) is 10.1 Å². The zero-order valence-corrected chi connectivity index (χ0v) is 11.8. The number of hydrogen-bond acceptors (Lipinski definition) is 5. The first-order valence-electron chi connectivity index (χ1n) is 6.12. The van der Waals surface area contributed by atoms with E-state index in [0.717, 1.165) is 17.7 Å². The maximum atomic E-state index is 12.0.